The van der Waals surface area contributed by atoms with Crippen LogP contribution in [0.5, 0.6) is 0 Å². The Balaban J connectivity index is 1.40. The molecule has 0 radical (unpaired) electrons. The van der Waals surface area contributed by atoms with Crippen LogP contribution < -0.4 is 5.56 Å². The Morgan fingerprint density at radius 1 is 1.19 bits per heavy atom. The number of aromatic nitrogens is 2. The molecule has 1 saturated heterocycles. The number of carbonyl (C=O) groups excluding carboxylic acids is 1. The SMILES string of the molecule is O=C(C1CCCC1)N1CCN(Cc2nc3ccc(Cl)cc3c(=O)[nH]2)CC1. The Morgan fingerprint density at radius 3 is 2.65 bits per heavy atom. The fourth-order valence-corrected chi connectivity index (χ4v) is 4.18. The average molecular weight is 375 g/mol. The number of rotatable bonds is 3. The van der Waals surface area contributed by atoms with Crippen LogP contribution in [0.2, 0.25) is 5.02 Å². The van der Waals surface area contributed by atoms with Gasteiger partial charge >= 0.3 is 0 Å². The Bertz CT molecular complexity index is 867. The van der Waals surface area contributed by atoms with Gasteiger partial charge in [-0.3, -0.25) is 14.5 Å². The van der Waals surface area contributed by atoms with E-state index in [1.54, 1.807) is 18.2 Å². The molecule has 6 nitrogen and oxygen atoms in total. The van der Waals surface area contributed by atoms with Crippen LogP contribution in [0.15, 0.2) is 23.0 Å². The van der Waals surface area contributed by atoms with E-state index >= 15 is 0 Å². The fraction of sp³-hybridized carbons (Fsp3) is 0.526. The van der Waals surface area contributed by atoms with Crippen LogP contribution in [0.4, 0.5) is 0 Å². The first kappa shape index (κ1) is 17.5. The van der Waals surface area contributed by atoms with E-state index in [9.17, 15) is 9.59 Å². The molecule has 1 saturated carbocycles. The molecule has 0 atom stereocenters. The molecule has 2 aromatic rings. The molecular weight excluding hydrogens is 352 g/mol. The van der Waals surface area contributed by atoms with Gasteiger partial charge in [0.1, 0.15) is 5.82 Å². The van der Waals surface area contributed by atoms with E-state index < -0.39 is 0 Å². The van der Waals surface area contributed by atoms with Crippen molar-refractivity contribution in [2.24, 2.45) is 5.92 Å². The van der Waals surface area contributed by atoms with Crippen LogP contribution in [-0.4, -0.2) is 51.9 Å². The molecule has 1 aromatic carbocycles. The van der Waals surface area contributed by atoms with E-state index in [1.807, 2.05) is 4.90 Å². The van der Waals surface area contributed by atoms with Crippen molar-refractivity contribution >= 4 is 28.4 Å². The lowest BCUT2D eigenvalue weighted by Gasteiger charge is -2.35. The second kappa shape index (κ2) is 7.37. The molecule has 1 N–H and O–H groups in total. The number of nitrogens with one attached hydrogen (secondary N) is 1. The number of aromatic amines is 1. The molecule has 2 aliphatic rings. The molecule has 2 heterocycles. The van der Waals surface area contributed by atoms with Gasteiger partial charge in [-0.25, -0.2) is 4.98 Å². The van der Waals surface area contributed by atoms with E-state index in [4.69, 9.17) is 11.6 Å². The lowest BCUT2D eigenvalue weighted by Crippen LogP contribution is -2.49. The van der Waals surface area contributed by atoms with Crippen LogP contribution >= 0.6 is 11.6 Å². The number of carbonyl (C=O) groups is 1. The average Bonchev–Trinajstić information content (AvgIpc) is 3.17. The van der Waals surface area contributed by atoms with Gasteiger partial charge in [-0.1, -0.05) is 24.4 Å². The maximum Gasteiger partial charge on any atom is 0.258 e. The Hall–Kier alpha value is -1.92. The van der Waals surface area contributed by atoms with Crippen LogP contribution in [-0.2, 0) is 11.3 Å². The molecule has 138 valence electrons. The quantitative estimate of drug-likeness (QED) is 0.895. The maximum absolute atomic E-state index is 12.5. The number of amides is 1. The number of halogens is 1. The number of fused-ring (bicyclic) bond motifs is 1. The zero-order valence-electron chi connectivity index (χ0n) is 14.7. The van der Waals surface area contributed by atoms with Gasteiger partial charge in [-0.2, -0.15) is 0 Å². The van der Waals surface area contributed by atoms with E-state index in [0.717, 1.165) is 39.0 Å². The third-order valence-electron chi connectivity index (χ3n) is 5.48. The summed E-state index contributed by atoms with van der Waals surface area (Å²) >= 11 is 5.95. The van der Waals surface area contributed by atoms with Crippen LogP contribution in [0.25, 0.3) is 10.9 Å². The number of hydrogen-bond donors (Lipinski definition) is 1. The predicted octanol–water partition coefficient (Wildman–Crippen LogP) is 2.41. The van der Waals surface area contributed by atoms with Crippen molar-refractivity contribution in [3.63, 3.8) is 0 Å². The van der Waals surface area contributed by atoms with Crippen molar-refractivity contribution < 1.29 is 4.79 Å². The molecule has 0 bridgehead atoms. The standard InChI is InChI=1S/C19H23ClN4O2/c20-14-5-6-16-15(11-14)18(25)22-17(21-16)12-23-7-9-24(10-8-23)19(26)13-3-1-2-4-13/h5-6,11,13H,1-4,7-10,12H2,(H,21,22,25). The van der Waals surface area contributed by atoms with Crippen molar-refractivity contribution in [2.75, 3.05) is 26.2 Å². The lowest BCUT2D eigenvalue weighted by atomic mass is 10.1. The zero-order valence-corrected chi connectivity index (χ0v) is 15.5. The normalized spacial score (nSPS) is 19.3. The minimum atomic E-state index is -0.164. The summed E-state index contributed by atoms with van der Waals surface area (Å²) in [6.45, 7) is 3.70. The molecular formula is C19H23ClN4O2. The monoisotopic (exact) mass is 374 g/mol. The molecule has 0 unspecified atom stereocenters. The van der Waals surface area contributed by atoms with Crippen LogP contribution in [0.1, 0.15) is 31.5 Å². The minimum absolute atomic E-state index is 0.164. The summed E-state index contributed by atoms with van der Waals surface area (Å²) in [6.07, 6.45) is 4.46. The summed E-state index contributed by atoms with van der Waals surface area (Å²) in [7, 11) is 0. The molecule has 26 heavy (non-hydrogen) atoms. The van der Waals surface area contributed by atoms with Crippen LogP contribution in [0, 0.1) is 5.92 Å². The van der Waals surface area contributed by atoms with E-state index in [-0.39, 0.29) is 11.5 Å². The maximum atomic E-state index is 12.5. The zero-order chi connectivity index (χ0) is 18.1. The number of benzene rings is 1. The van der Waals surface area contributed by atoms with Gasteiger partial charge in [0.25, 0.3) is 5.56 Å². The molecule has 1 aliphatic heterocycles. The number of nitrogens with zero attached hydrogens (tertiary/aromatic N) is 3. The predicted molar refractivity (Wildman–Crippen MR) is 101 cm³/mol. The Kier molecular flexibility index (Phi) is 4.96. The van der Waals surface area contributed by atoms with Gasteiger partial charge in [-0.05, 0) is 31.0 Å². The molecule has 4 rings (SSSR count). The first-order chi connectivity index (χ1) is 12.6. The van der Waals surface area contributed by atoms with Crippen LogP contribution in [0.3, 0.4) is 0 Å². The lowest BCUT2D eigenvalue weighted by molar-refractivity contribution is -0.137. The second-order valence-electron chi connectivity index (χ2n) is 7.26. The summed E-state index contributed by atoms with van der Waals surface area (Å²) in [6, 6.07) is 5.15. The van der Waals surface area contributed by atoms with Crippen molar-refractivity contribution in [3.8, 4) is 0 Å². The van der Waals surface area contributed by atoms with Gasteiger partial charge in [0, 0.05) is 37.1 Å². The smallest absolute Gasteiger partial charge is 0.258 e. The van der Waals surface area contributed by atoms with Gasteiger partial charge < -0.3 is 9.88 Å². The topological polar surface area (TPSA) is 69.3 Å². The summed E-state index contributed by atoms with van der Waals surface area (Å²) in [5.74, 6) is 1.23. The molecule has 1 aromatic heterocycles. The third kappa shape index (κ3) is 3.62. The van der Waals surface area contributed by atoms with Gasteiger partial charge in [0.2, 0.25) is 5.91 Å². The third-order valence-corrected chi connectivity index (χ3v) is 5.71. The molecule has 1 aliphatic carbocycles. The summed E-state index contributed by atoms with van der Waals surface area (Å²) in [5, 5.41) is 1.04. The first-order valence-corrected chi connectivity index (χ1v) is 9.67. The van der Waals surface area contributed by atoms with Gasteiger partial charge in [0.05, 0.1) is 17.4 Å². The molecule has 0 spiro atoms. The highest BCUT2D eigenvalue weighted by Crippen LogP contribution is 2.27. The van der Waals surface area contributed by atoms with E-state index in [2.05, 4.69) is 14.9 Å². The number of piperazine rings is 1. The highest BCUT2D eigenvalue weighted by atomic mass is 35.5. The van der Waals surface area contributed by atoms with Crippen molar-refractivity contribution in [2.45, 2.75) is 32.2 Å². The fourth-order valence-electron chi connectivity index (χ4n) is 4.00. The van der Waals surface area contributed by atoms with E-state index in [0.29, 0.717) is 34.2 Å². The first-order valence-electron chi connectivity index (χ1n) is 9.30. The van der Waals surface area contributed by atoms with E-state index in [1.165, 1.54) is 12.8 Å². The highest BCUT2D eigenvalue weighted by molar-refractivity contribution is 6.31. The molecule has 7 heteroatoms. The van der Waals surface area contributed by atoms with Gasteiger partial charge in [-0.15, -0.1) is 0 Å². The van der Waals surface area contributed by atoms with Crippen molar-refractivity contribution in [1.82, 2.24) is 19.8 Å². The number of H-pyrrole nitrogens is 1. The van der Waals surface area contributed by atoms with Crippen molar-refractivity contribution in [1.29, 1.82) is 0 Å². The summed E-state index contributed by atoms with van der Waals surface area (Å²) in [5.41, 5.74) is 0.491. The molecule has 1 amide bonds. The molecule has 2 fully saturated rings. The minimum Gasteiger partial charge on any atom is -0.340 e. The Morgan fingerprint density at radius 2 is 1.92 bits per heavy atom. The number of hydrogen-bond acceptors (Lipinski definition) is 4. The van der Waals surface area contributed by atoms with Crippen molar-refractivity contribution in [3.05, 3.63) is 39.4 Å². The largest absolute Gasteiger partial charge is 0.340 e. The highest BCUT2D eigenvalue weighted by Gasteiger charge is 2.29. The van der Waals surface area contributed by atoms with Gasteiger partial charge in [0.15, 0.2) is 0 Å². The second-order valence-corrected chi connectivity index (χ2v) is 7.69. The summed E-state index contributed by atoms with van der Waals surface area (Å²) in [4.78, 5) is 36.4. The Labute approximate surface area is 157 Å². The summed E-state index contributed by atoms with van der Waals surface area (Å²) < 4.78 is 0.